The van der Waals surface area contributed by atoms with E-state index >= 15 is 0 Å². The van der Waals surface area contributed by atoms with Crippen LogP contribution in [0.15, 0.2) is 53.0 Å². The third-order valence-corrected chi connectivity index (χ3v) is 7.72. The van der Waals surface area contributed by atoms with E-state index in [0.717, 1.165) is 59.2 Å². The van der Waals surface area contributed by atoms with Gasteiger partial charge < -0.3 is 9.80 Å². The van der Waals surface area contributed by atoms with Gasteiger partial charge in [-0.2, -0.15) is 11.8 Å². The minimum atomic E-state index is 0.290. The Kier molecular flexibility index (Phi) is 7.11. The van der Waals surface area contributed by atoms with Crippen LogP contribution in [0.3, 0.4) is 0 Å². The molecular weight excluding hydrogens is 466 g/mol. The molecule has 1 aromatic heterocycles. The number of hydrogen-bond acceptors (Lipinski definition) is 5. The number of anilines is 1. The number of halogens is 1. The van der Waals surface area contributed by atoms with Gasteiger partial charge in [0.15, 0.2) is 5.13 Å². The number of thiazole rings is 1. The molecule has 1 fully saturated rings. The van der Waals surface area contributed by atoms with Gasteiger partial charge in [0, 0.05) is 42.8 Å². The van der Waals surface area contributed by atoms with E-state index in [2.05, 4.69) is 57.2 Å². The Morgan fingerprint density at radius 1 is 1.10 bits per heavy atom. The summed E-state index contributed by atoms with van der Waals surface area (Å²) in [5.74, 6) is 2.34. The highest BCUT2D eigenvalue weighted by Crippen LogP contribution is 2.31. The Morgan fingerprint density at radius 3 is 2.69 bits per heavy atom. The zero-order valence-corrected chi connectivity index (χ0v) is 19.4. The molecule has 1 amide bonds. The summed E-state index contributed by atoms with van der Waals surface area (Å²) in [5.41, 5.74) is 2.39. The second kappa shape index (κ2) is 9.96. The van der Waals surface area contributed by atoms with Crippen molar-refractivity contribution in [2.75, 3.05) is 36.8 Å². The van der Waals surface area contributed by atoms with Gasteiger partial charge in [0.25, 0.3) is 0 Å². The first-order chi connectivity index (χ1) is 14.2. The van der Waals surface area contributed by atoms with Crippen molar-refractivity contribution >= 4 is 60.3 Å². The Hall–Kier alpha value is -1.57. The third-order valence-electron chi connectivity index (χ3n) is 5.03. The summed E-state index contributed by atoms with van der Waals surface area (Å²) in [7, 11) is 0. The van der Waals surface area contributed by atoms with Crippen molar-refractivity contribution in [1.29, 1.82) is 0 Å². The molecule has 0 N–H and O–H groups in total. The van der Waals surface area contributed by atoms with Crippen molar-refractivity contribution in [3.63, 3.8) is 0 Å². The zero-order chi connectivity index (χ0) is 20.1. The SMILES string of the molecule is O=C(CCCSCc1ccccc1)N1CCN(c2nc3ccc(Br)cc3s2)CC1. The summed E-state index contributed by atoms with van der Waals surface area (Å²) in [6, 6.07) is 16.7. The fourth-order valence-electron chi connectivity index (χ4n) is 3.42. The van der Waals surface area contributed by atoms with Gasteiger partial charge in [0.2, 0.25) is 5.91 Å². The molecule has 0 spiro atoms. The van der Waals surface area contributed by atoms with E-state index in [1.165, 1.54) is 10.3 Å². The van der Waals surface area contributed by atoms with Gasteiger partial charge in [-0.15, -0.1) is 0 Å². The van der Waals surface area contributed by atoms with Crippen molar-refractivity contribution < 1.29 is 4.79 Å². The lowest BCUT2D eigenvalue weighted by Gasteiger charge is -2.34. The van der Waals surface area contributed by atoms with Gasteiger partial charge in [-0.05, 0) is 35.9 Å². The van der Waals surface area contributed by atoms with Crippen LogP contribution < -0.4 is 4.90 Å². The summed E-state index contributed by atoms with van der Waals surface area (Å²) >= 11 is 7.15. The maximum Gasteiger partial charge on any atom is 0.222 e. The molecule has 1 aliphatic heterocycles. The lowest BCUT2D eigenvalue weighted by Crippen LogP contribution is -2.48. The van der Waals surface area contributed by atoms with Crippen molar-refractivity contribution in [3.05, 3.63) is 58.6 Å². The smallest absolute Gasteiger partial charge is 0.222 e. The van der Waals surface area contributed by atoms with Gasteiger partial charge in [0.05, 0.1) is 10.2 Å². The predicted molar refractivity (Wildman–Crippen MR) is 128 cm³/mol. The lowest BCUT2D eigenvalue weighted by atomic mass is 10.2. The van der Waals surface area contributed by atoms with Gasteiger partial charge in [-0.3, -0.25) is 4.79 Å². The normalized spacial score (nSPS) is 14.5. The Labute approximate surface area is 188 Å². The maximum atomic E-state index is 12.5. The van der Waals surface area contributed by atoms with Crippen molar-refractivity contribution in [2.45, 2.75) is 18.6 Å². The maximum absolute atomic E-state index is 12.5. The zero-order valence-electron chi connectivity index (χ0n) is 16.2. The lowest BCUT2D eigenvalue weighted by molar-refractivity contribution is -0.131. The van der Waals surface area contributed by atoms with Crippen molar-refractivity contribution in [2.24, 2.45) is 0 Å². The molecular formula is C22H24BrN3OS2. The summed E-state index contributed by atoms with van der Waals surface area (Å²) < 4.78 is 2.28. The number of thioether (sulfide) groups is 1. The highest BCUT2D eigenvalue weighted by Gasteiger charge is 2.22. The fourth-order valence-corrected chi connectivity index (χ4v) is 5.91. The van der Waals surface area contributed by atoms with E-state index < -0.39 is 0 Å². The van der Waals surface area contributed by atoms with E-state index in [-0.39, 0.29) is 5.91 Å². The minimum absolute atomic E-state index is 0.290. The molecule has 2 heterocycles. The highest BCUT2D eigenvalue weighted by molar-refractivity contribution is 9.10. The van der Waals surface area contributed by atoms with Crippen LogP contribution in [0.4, 0.5) is 5.13 Å². The van der Waals surface area contributed by atoms with E-state index in [1.54, 1.807) is 11.3 Å². The molecule has 0 radical (unpaired) electrons. The number of aromatic nitrogens is 1. The number of rotatable bonds is 7. The van der Waals surface area contributed by atoms with Gasteiger partial charge in [-0.1, -0.05) is 57.6 Å². The van der Waals surface area contributed by atoms with E-state index in [0.29, 0.717) is 6.42 Å². The number of piperazine rings is 1. The van der Waals surface area contributed by atoms with Crippen molar-refractivity contribution in [1.82, 2.24) is 9.88 Å². The van der Waals surface area contributed by atoms with Crippen LogP contribution in [0.1, 0.15) is 18.4 Å². The fraction of sp³-hybridized carbons (Fsp3) is 0.364. The number of hydrogen-bond donors (Lipinski definition) is 0. The molecule has 152 valence electrons. The van der Waals surface area contributed by atoms with Gasteiger partial charge >= 0.3 is 0 Å². The first-order valence-electron chi connectivity index (χ1n) is 9.89. The summed E-state index contributed by atoms with van der Waals surface area (Å²) in [6.07, 6.45) is 1.60. The van der Waals surface area contributed by atoms with E-state index in [9.17, 15) is 4.79 Å². The Bertz CT molecular complexity index is 955. The largest absolute Gasteiger partial charge is 0.345 e. The van der Waals surface area contributed by atoms with Gasteiger partial charge in [-0.25, -0.2) is 4.98 Å². The molecule has 0 aliphatic carbocycles. The van der Waals surface area contributed by atoms with Crippen LogP contribution in [-0.4, -0.2) is 47.7 Å². The molecule has 7 heteroatoms. The number of nitrogens with zero attached hydrogens (tertiary/aromatic N) is 3. The third kappa shape index (κ3) is 5.53. The van der Waals surface area contributed by atoms with Crippen LogP contribution in [0, 0.1) is 0 Å². The van der Waals surface area contributed by atoms with E-state index in [4.69, 9.17) is 4.98 Å². The monoisotopic (exact) mass is 489 g/mol. The Balaban J connectivity index is 1.19. The minimum Gasteiger partial charge on any atom is -0.345 e. The molecule has 0 saturated carbocycles. The summed E-state index contributed by atoms with van der Waals surface area (Å²) in [4.78, 5) is 21.6. The van der Waals surface area contributed by atoms with Crippen LogP contribution in [0.25, 0.3) is 10.2 Å². The predicted octanol–water partition coefficient (Wildman–Crippen LogP) is 5.42. The molecule has 0 unspecified atom stereocenters. The number of fused-ring (bicyclic) bond motifs is 1. The topological polar surface area (TPSA) is 36.4 Å². The first-order valence-corrected chi connectivity index (χ1v) is 12.7. The first kappa shape index (κ1) is 20.7. The molecule has 0 atom stereocenters. The van der Waals surface area contributed by atoms with Crippen LogP contribution in [0.5, 0.6) is 0 Å². The molecule has 1 aliphatic rings. The quantitative estimate of drug-likeness (QED) is 0.415. The standard InChI is InChI=1S/C22H24BrN3OS2/c23-18-8-9-19-20(15-18)29-22(24-19)26-12-10-25(11-13-26)21(27)7-4-14-28-16-17-5-2-1-3-6-17/h1-3,5-6,8-9,15H,4,7,10-14,16H2. The molecule has 3 aromatic rings. The van der Waals surface area contributed by atoms with E-state index in [1.807, 2.05) is 28.8 Å². The average Bonchev–Trinajstić information content (AvgIpc) is 3.17. The summed E-state index contributed by atoms with van der Waals surface area (Å²) in [6.45, 7) is 3.29. The molecule has 2 aromatic carbocycles. The highest BCUT2D eigenvalue weighted by atomic mass is 79.9. The second-order valence-electron chi connectivity index (χ2n) is 7.12. The number of carbonyl (C=O) groups is 1. The average molecular weight is 490 g/mol. The molecule has 0 bridgehead atoms. The van der Waals surface area contributed by atoms with Crippen LogP contribution >= 0.6 is 39.0 Å². The Morgan fingerprint density at radius 2 is 1.90 bits per heavy atom. The summed E-state index contributed by atoms with van der Waals surface area (Å²) in [5, 5.41) is 1.06. The molecule has 29 heavy (non-hydrogen) atoms. The van der Waals surface area contributed by atoms with Crippen molar-refractivity contribution in [3.8, 4) is 0 Å². The van der Waals surface area contributed by atoms with Gasteiger partial charge in [0.1, 0.15) is 0 Å². The number of benzene rings is 2. The number of carbonyl (C=O) groups excluding carboxylic acids is 1. The van der Waals surface area contributed by atoms with Crippen LogP contribution in [0.2, 0.25) is 0 Å². The molecule has 4 nitrogen and oxygen atoms in total. The molecule has 1 saturated heterocycles. The van der Waals surface area contributed by atoms with Crippen LogP contribution in [-0.2, 0) is 10.5 Å². The molecule has 4 rings (SSSR count). The second-order valence-corrected chi connectivity index (χ2v) is 10.1. The number of amides is 1.